The van der Waals surface area contributed by atoms with Gasteiger partial charge in [-0.2, -0.15) is 0 Å². The van der Waals surface area contributed by atoms with Crippen LogP contribution in [0.1, 0.15) is 12.6 Å². The van der Waals surface area contributed by atoms with E-state index in [1.165, 1.54) is 6.33 Å². The summed E-state index contributed by atoms with van der Waals surface area (Å²) >= 11 is 0. The van der Waals surface area contributed by atoms with E-state index in [1.807, 2.05) is 6.92 Å². The molecule has 1 aromatic heterocycles. The van der Waals surface area contributed by atoms with Crippen LogP contribution in [0.4, 0.5) is 0 Å². The Labute approximate surface area is 110 Å². The number of carboxylic acid groups (broad SMARTS) is 1. The van der Waals surface area contributed by atoms with Gasteiger partial charge in [0.2, 0.25) is 5.91 Å². The number of rotatable bonds is 5. The fourth-order valence-electron chi connectivity index (χ4n) is 2.26. The van der Waals surface area contributed by atoms with Gasteiger partial charge in [-0.3, -0.25) is 4.79 Å². The maximum atomic E-state index is 12.1. The largest absolute Gasteiger partial charge is 0.480 e. The highest BCUT2D eigenvalue weighted by Gasteiger charge is 2.32. The van der Waals surface area contributed by atoms with Gasteiger partial charge in [-0.1, -0.05) is 6.92 Å². The number of H-pyrrole nitrogens is 1. The van der Waals surface area contributed by atoms with Crippen molar-refractivity contribution in [2.45, 2.75) is 19.4 Å². The maximum Gasteiger partial charge on any atom is 0.326 e. The van der Waals surface area contributed by atoms with Crippen molar-refractivity contribution in [2.24, 2.45) is 11.8 Å². The van der Waals surface area contributed by atoms with Gasteiger partial charge in [0.1, 0.15) is 6.04 Å². The molecule has 0 saturated carbocycles. The Hall–Kier alpha value is -1.89. The van der Waals surface area contributed by atoms with Crippen LogP contribution >= 0.6 is 0 Å². The molecule has 0 aromatic carbocycles. The summed E-state index contributed by atoms with van der Waals surface area (Å²) in [6, 6.07) is -0.930. The number of aromatic nitrogens is 2. The first kappa shape index (κ1) is 13.5. The van der Waals surface area contributed by atoms with Crippen LogP contribution in [0, 0.1) is 11.8 Å². The molecule has 1 aromatic rings. The maximum absolute atomic E-state index is 12.1. The van der Waals surface area contributed by atoms with Crippen LogP contribution in [0.15, 0.2) is 12.5 Å². The summed E-state index contributed by atoms with van der Waals surface area (Å²) in [5.74, 6) is -1.18. The number of carboxylic acids is 1. The number of aliphatic carboxylic acids is 1. The third-order valence-corrected chi connectivity index (χ3v) is 3.45. The highest BCUT2D eigenvalue weighted by Crippen LogP contribution is 2.16. The molecule has 1 aliphatic heterocycles. The molecule has 1 saturated heterocycles. The summed E-state index contributed by atoms with van der Waals surface area (Å²) < 4.78 is 0. The van der Waals surface area contributed by atoms with Crippen molar-refractivity contribution in [3.8, 4) is 0 Å². The Balaban J connectivity index is 1.96. The minimum atomic E-state index is -1.04. The first-order valence-corrected chi connectivity index (χ1v) is 6.29. The highest BCUT2D eigenvalue weighted by molar-refractivity contribution is 5.85. The van der Waals surface area contributed by atoms with Crippen molar-refractivity contribution in [3.05, 3.63) is 18.2 Å². The summed E-state index contributed by atoms with van der Waals surface area (Å²) in [6.07, 6.45) is 3.25. The van der Waals surface area contributed by atoms with Crippen LogP contribution in [-0.4, -0.2) is 46.1 Å². The number of nitrogens with zero attached hydrogens (tertiary/aromatic N) is 1. The highest BCUT2D eigenvalue weighted by atomic mass is 16.4. The molecule has 1 amide bonds. The lowest BCUT2D eigenvalue weighted by atomic mass is 9.96. The summed E-state index contributed by atoms with van der Waals surface area (Å²) in [7, 11) is 0. The molecule has 2 heterocycles. The van der Waals surface area contributed by atoms with Crippen molar-refractivity contribution < 1.29 is 14.7 Å². The minimum absolute atomic E-state index is 0.163. The molecule has 2 rings (SSSR count). The topological polar surface area (TPSA) is 107 Å². The van der Waals surface area contributed by atoms with Gasteiger partial charge in [-0.15, -0.1) is 0 Å². The van der Waals surface area contributed by atoms with Gasteiger partial charge in [0.25, 0.3) is 0 Å². The SMILES string of the molecule is C[C@@H]1CNC[C@H]1C(=O)N[C@@H](Cc1cnc[nH]1)C(=O)O. The Bertz CT molecular complexity index is 446. The molecule has 4 N–H and O–H groups in total. The molecule has 0 spiro atoms. The molecular formula is C12H18N4O3. The van der Waals surface area contributed by atoms with Gasteiger partial charge >= 0.3 is 5.97 Å². The molecule has 104 valence electrons. The number of hydrogen-bond donors (Lipinski definition) is 4. The van der Waals surface area contributed by atoms with E-state index < -0.39 is 12.0 Å². The molecule has 19 heavy (non-hydrogen) atoms. The fraction of sp³-hybridized carbons (Fsp3) is 0.583. The van der Waals surface area contributed by atoms with Gasteiger partial charge in [0.05, 0.1) is 12.2 Å². The van der Waals surface area contributed by atoms with Crippen molar-refractivity contribution in [1.82, 2.24) is 20.6 Å². The van der Waals surface area contributed by atoms with E-state index >= 15 is 0 Å². The molecule has 0 radical (unpaired) electrons. The molecule has 0 unspecified atom stereocenters. The van der Waals surface area contributed by atoms with Crippen molar-refractivity contribution in [2.75, 3.05) is 13.1 Å². The lowest BCUT2D eigenvalue weighted by Gasteiger charge is -2.18. The number of hydrogen-bond acceptors (Lipinski definition) is 4. The lowest BCUT2D eigenvalue weighted by Crippen LogP contribution is -2.46. The first-order chi connectivity index (χ1) is 9.08. The van der Waals surface area contributed by atoms with E-state index in [0.29, 0.717) is 12.2 Å². The summed E-state index contributed by atoms with van der Waals surface area (Å²) in [6.45, 7) is 3.37. The summed E-state index contributed by atoms with van der Waals surface area (Å²) in [4.78, 5) is 29.9. The van der Waals surface area contributed by atoms with E-state index in [4.69, 9.17) is 5.11 Å². The Morgan fingerprint density at radius 1 is 1.58 bits per heavy atom. The van der Waals surface area contributed by atoms with E-state index in [1.54, 1.807) is 6.20 Å². The zero-order valence-corrected chi connectivity index (χ0v) is 10.7. The molecule has 3 atom stereocenters. The van der Waals surface area contributed by atoms with Crippen molar-refractivity contribution >= 4 is 11.9 Å². The number of imidazole rings is 1. The molecule has 0 bridgehead atoms. The van der Waals surface area contributed by atoms with Gasteiger partial charge in [0.15, 0.2) is 0 Å². The second-order valence-corrected chi connectivity index (χ2v) is 4.92. The standard InChI is InChI=1S/C12H18N4O3/c1-7-3-13-5-9(7)11(17)16-10(12(18)19)2-8-4-14-6-15-8/h4,6-7,9-10,13H,2-3,5H2,1H3,(H,14,15)(H,16,17)(H,18,19)/t7-,9-,10+/m1/s1. The zero-order valence-electron chi connectivity index (χ0n) is 10.7. The number of nitrogens with one attached hydrogen (secondary N) is 3. The average molecular weight is 266 g/mol. The first-order valence-electron chi connectivity index (χ1n) is 6.29. The number of carbonyl (C=O) groups excluding carboxylic acids is 1. The Morgan fingerprint density at radius 3 is 2.89 bits per heavy atom. The number of amides is 1. The van der Waals surface area contributed by atoms with Gasteiger partial charge in [-0.25, -0.2) is 9.78 Å². The van der Waals surface area contributed by atoms with Crippen LogP contribution in [0.5, 0.6) is 0 Å². The minimum Gasteiger partial charge on any atom is -0.480 e. The summed E-state index contributed by atoms with van der Waals surface area (Å²) in [5.41, 5.74) is 0.685. The van der Waals surface area contributed by atoms with Crippen molar-refractivity contribution in [3.63, 3.8) is 0 Å². The predicted molar refractivity (Wildman–Crippen MR) is 67.4 cm³/mol. The molecule has 1 fully saturated rings. The monoisotopic (exact) mass is 266 g/mol. The zero-order chi connectivity index (χ0) is 13.8. The van der Waals surface area contributed by atoms with Crippen LogP contribution in [0.25, 0.3) is 0 Å². The van der Waals surface area contributed by atoms with Crippen molar-refractivity contribution in [1.29, 1.82) is 0 Å². The third kappa shape index (κ3) is 3.31. The predicted octanol–water partition coefficient (Wildman–Crippen LogP) is -0.623. The van der Waals surface area contributed by atoms with E-state index in [-0.39, 0.29) is 24.2 Å². The van der Waals surface area contributed by atoms with Crippen LogP contribution in [0.2, 0.25) is 0 Å². The smallest absolute Gasteiger partial charge is 0.326 e. The normalized spacial score (nSPS) is 24.1. The van der Waals surface area contributed by atoms with E-state index in [9.17, 15) is 9.59 Å². The third-order valence-electron chi connectivity index (χ3n) is 3.45. The lowest BCUT2D eigenvalue weighted by molar-refractivity contribution is -0.142. The van der Waals surface area contributed by atoms with Gasteiger partial charge < -0.3 is 20.7 Å². The second-order valence-electron chi connectivity index (χ2n) is 4.92. The molecule has 0 aliphatic carbocycles. The number of aromatic amines is 1. The molecule has 1 aliphatic rings. The summed E-state index contributed by atoms with van der Waals surface area (Å²) in [5, 5.41) is 14.9. The fourth-order valence-corrected chi connectivity index (χ4v) is 2.26. The van der Waals surface area contributed by atoms with Crippen LogP contribution in [-0.2, 0) is 16.0 Å². The van der Waals surface area contributed by atoms with Crippen LogP contribution < -0.4 is 10.6 Å². The molecule has 7 nitrogen and oxygen atoms in total. The average Bonchev–Trinajstić information content (AvgIpc) is 2.99. The Kier molecular flexibility index (Phi) is 4.16. The van der Waals surface area contributed by atoms with Crippen LogP contribution in [0.3, 0.4) is 0 Å². The van der Waals surface area contributed by atoms with E-state index in [0.717, 1.165) is 6.54 Å². The number of carbonyl (C=O) groups is 2. The van der Waals surface area contributed by atoms with Gasteiger partial charge in [0, 0.05) is 24.9 Å². The molecular weight excluding hydrogens is 248 g/mol. The Morgan fingerprint density at radius 2 is 2.37 bits per heavy atom. The quantitative estimate of drug-likeness (QED) is 0.568. The van der Waals surface area contributed by atoms with E-state index in [2.05, 4.69) is 20.6 Å². The second kappa shape index (κ2) is 5.83. The van der Waals surface area contributed by atoms with Gasteiger partial charge in [-0.05, 0) is 12.5 Å². The molecule has 7 heteroatoms.